The molecular formula is C19H13NO7S. The van der Waals surface area contributed by atoms with E-state index >= 15 is 0 Å². The average Bonchev–Trinajstić information content (AvgIpc) is 3.05. The first kappa shape index (κ1) is 17.8. The van der Waals surface area contributed by atoms with E-state index in [4.69, 9.17) is 13.3 Å². The van der Waals surface area contributed by atoms with Crippen molar-refractivity contribution in [2.45, 2.75) is 4.90 Å². The Hall–Kier alpha value is -3.59. The van der Waals surface area contributed by atoms with Crippen molar-refractivity contribution in [3.05, 3.63) is 70.8 Å². The van der Waals surface area contributed by atoms with E-state index in [1.165, 1.54) is 25.3 Å². The van der Waals surface area contributed by atoms with Crippen LogP contribution in [0.4, 0.5) is 5.69 Å². The molecule has 0 atom stereocenters. The van der Waals surface area contributed by atoms with Crippen LogP contribution in [0.25, 0.3) is 21.9 Å². The highest BCUT2D eigenvalue weighted by Crippen LogP contribution is 2.33. The number of nitro groups is 1. The molecule has 0 fully saturated rings. The minimum Gasteiger partial charge on any atom is -0.490 e. The van der Waals surface area contributed by atoms with Crippen molar-refractivity contribution >= 4 is 37.7 Å². The lowest BCUT2D eigenvalue weighted by atomic mass is 10.1. The van der Waals surface area contributed by atoms with Crippen LogP contribution in [0.3, 0.4) is 0 Å². The molecule has 9 heteroatoms. The number of hydrogen-bond donors (Lipinski definition) is 0. The molecule has 8 nitrogen and oxygen atoms in total. The zero-order chi connectivity index (χ0) is 19.9. The summed E-state index contributed by atoms with van der Waals surface area (Å²) in [5, 5.41) is 12.7. The van der Waals surface area contributed by atoms with Gasteiger partial charge in [-0.2, -0.15) is 8.42 Å². The van der Waals surface area contributed by atoms with Crippen molar-refractivity contribution < 1.29 is 26.7 Å². The molecule has 3 aromatic carbocycles. The standard InChI is InChI=1S/C19H13NO7S/c1-25-19-9-7-13(11-16(19)20(21)22)28(23,24)27-12-6-8-18-15(10-12)14-4-2-3-5-17(14)26-18/h2-11H,1H3. The number of methoxy groups -OCH3 is 1. The molecule has 0 aliphatic rings. The lowest BCUT2D eigenvalue weighted by Gasteiger charge is -2.08. The summed E-state index contributed by atoms with van der Waals surface area (Å²) in [6, 6.07) is 15.3. The maximum atomic E-state index is 12.6. The van der Waals surface area contributed by atoms with Gasteiger partial charge in [-0.1, -0.05) is 18.2 Å². The lowest BCUT2D eigenvalue weighted by Crippen LogP contribution is -2.10. The third-order valence-electron chi connectivity index (χ3n) is 4.19. The number of rotatable bonds is 5. The molecule has 1 heterocycles. The van der Waals surface area contributed by atoms with Crippen molar-refractivity contribution in [3.63, 3.8) is 0 Å². The highest BCUT2D eigenvalue weighted by Gasteiger charge is 2.24. The van der Waals surface area contributed by atoms with E-state index in [0.717, 1.165) is 11.5 Å². The van der Waals surface area contributed by atoms with Gasteiger partial charge in [-0.05, 0) is 36.4 Å². The van der Waals surface area contributed by atoms with Crippen LogP contribution in [0.5, 0.6) is 11.5 Å². The normalized spacial score (nSPS) is 11.6. The molecule has 0 radical (unpaired) electrons. The van der Waals surface area contributed by atoms with Crippen LogP contribution < -0.4 is 8.92 Å². The molecular weight excluding hydrogens is 386 g/mol. The number of benzene rings is 3. The molecule has 28 heavy (non-hydrogen) atoms. The highest BCUT2D eigenvalue weighted by molar-refractivity contribution is 7.87. The predicted molar refractivity (Wildman–Crippen MR) is 101 cm³/mol. The van der Waals surface area contributed by atoms with E-state index in [2.05, 4.69) is 0 Å². The van der Waals surface area contributed by atoms with E-state index in [9.17, 15) is 18.5 Å². The van der Waals surface area contributed by atoms with Gasteiger partial charge in [0, 0.05) is 16.8 Å². The number of nitrogens with zero attached hydrogens (tertiary/aromatic N) is 1. The Bertz CT molecular complexity index is 1320. The summed E-state index contributed by atoms with van der Waals surface area (Å²) in [4.78, 5) is 10.1. The summed E-state index contributed by atoms with van der Waals surface area (Å²) in [5.74, 6) is 0.0211. The Kier molecular flexibility index (Phi) is 4.16. The molecule has 0 aliphatic heterocycles. The minimum absolute atomic E-state index is 0.0461. The monoisotopic (exact) mass is 399 g/mol. The van der Waals surface area contributed by atoms with Crippen LogP contribution in [-0.4, -0.2) is 20.5 Å². The first-order chi connectivity index (χ1) is 13.4. The first-order valence-electron chi connectivity index (χ1n) is 8.07. The van der Waals surface area contributed by atoms with E-state index in [1.54, 1.807) is 12.1 Å². The number of fused-ring (bicyclic) bond motifs is 3. The van der Waals surface area contributed by atoms with Gasteiger partial charge in [0.05, 0.1) is 12.0 Å². The van der Waals surface area contributed by atoms with Crippen LogP contribution in [0.2, 0.25) is 0 Å². The Labute approximate surface area is 159 Å². The molecule has 0 unspecified atom stereocenters. The van der Waals surface area contributed by atoms with E-state index < -0.39 is 20.7 Å². The number of hydrogen-bond acceptors (Lipinski definition) is 7. The summed E-state index contributed by atoms with van der Waals surface area (Å²) in [6.07, 6.45) is 0. The van der Waals surface area contributed by atoms with Crippen LogP contribution in [0.15, 0.2) is 70.0 Å². The summed E-state index contributed by atoms with van der Waals surface area (Å²) in [6.45, 7) is 0. The molecule has 0 bridgehead atoms. The van der Waals surface area contributed by atoms with Gasteiger partial charge >= 0.3 is 15.8 Å². The van der Waals surface area contributed by atoms with Gasteiger partial charge in [-0.3, -0.25) is 10.1 Å². The quantitative estimate of drug-likeness (QED) is 0.280. The Morgan fingerprint density at radius 3 is 2.46 bits per heavy atom. The van der Waals surface area contributed by atoms with Gasteiger partial charge in [0.2, 0.25) is 0 Å². The summed E-state index contributed by atoms with van der Waals surface area (Å²) in [7, 11) is -3.03. The highest BCUT2D eigenvalue weighted by atomic mass is 32.2. The van der Waals surface area contributed by atoms with Gasteiger partial charge in [0.15, 0.2) is 5.75 Å². The van der Waals surface area contributed by atoms with Gasteiger partial charge in [-0.25, -0.2) is 0 Å². The van der Waals surface area contributed by atoms with E-state index in [0.29, 0.717) is 16.6 Å². The largest absolute Gasteiger partial charge is 0.490 e. The SMILES string of the molecule is COc1ccc(S(=O)(=O)Oc2ccc3oc4ccccc4c3c2)cc1[N+](=O)[O-]. The molecule has 0 saturated carbocycles. The van der Waals surface area contributed by atoms with Gasteiger partial charge in [-0.15, -0.1) is 0 Å². The number of furan rings is 1. The second kappa shape index (κ2) is 6.54. The average molecular weight is 399 g/mol. The molecule has 0 saturated heterocycles. The molecule has 4 rings (SSSR count). The molecule has 0 spiro atoms. The molecule has 0 N–H and O–H groups in total. The Morgan fingerprint density at radius 1 is 0.964 bits per heavy atom. The third-order valence-corrected chi connectivity index (χ3v) is 5.43. The van der Waals surface area contributed by atoms with Crippen molar-refractivity contribution in [1.82, 2.24) is 0 Å². The summed E-state index contributed by atoms with van der Waals surface area (Å²) in [5.41, 5.74) is 0.790. The lowest BCUT2D eigenvalue weighted by molar-refractivity contribution is -0.386. The molecule has 0 aliphatic carbocycles. The van der Waals surface area contributed by atoms with Crippen molar-refractivity contribution in [3.8, 4) is 11.5 Å². The van der Waals surface area contributed by atoms with Crippen molar-refractivity contribution in [2.75, 3.05) is 7.11 Å². The zero-order valence-electron chi connectivity index (χ0n) is 14.5. The van der Waals surface area contributed by atoms with Crippen LogP contribution >= 0.6 is 0 Å². The van der Waals surface area contributed by atoms with E-state index in [-0.39, 0.29) is 16.4 Å². The van der Waals surface area contributed by atoms with Crippen LogP contribution in [0.1, 0.15) is 0 Å². The first-order valence-corrected chi connectivity index (χ1v) is 9.48. The number of ether oxygens (including phenoxy) is 1. The van der Waals surface area contributed by atoms with Gasteiger partial charge in [0.25, 0.3) is 0 Å². The Balaban J connectivity index is 1.74. The zero-order valence-corrected chi connectivity index (χ0v) is 15.3. The molecule has 1 aromatic heterocycles. The maximum Gasteiger partial charge on any atom is 0.339 e. The maximum absolute atomic E-state index is 12.6. The van der Waals surface area contributed by atoms with E-state index in [1.807, 2.05) is 24.3 Å². The van der Waals surface area contributed by atoms with Gasteiger partial charge in [0.1, 0.15) is 21.8 Å². The second-order valence-corrected chi connectivity index (χ2v) is 7.43. The Morgan fingerprint density at radius 2 is 1.71 bits per heavy atom. The number of nitro benzene ring substituents is 1. The molecule has 142 valence electrons. The van der Waals surface area contributed by atoms with Gasteiger partial charge < -0.3 is 13.3 Å². The fourth-order valence-electron chi connectivity index (χ4n) is 2.90. The molecule has 4 aromatic rings. The summed E-state index contributed by atoms with van der Waals surface area (Å²) >= 11 is 0. The third kappa shape index (κ3) is 3.01. The van der Waals surface area contributed by atoms with Crippen molar-refractivity contribution in [2.24, 2.45) is 0 Å². The van der Waals surface area contributed by atoms with Crippen LogP contribution in [-0.2, 0) is 10.1 Å². The fraction of sp³-hybridized carbons (Fsp3) is 0.0526. The predicted octanol–water partition coefficient (Wildman–Crippen LogP) is 4.27. The fourth-order valence-corrected chi connectivity index (χ4v) is 3.84. The van der Waals surface area contributed by atoms with Crippen LogP contribution in [0, 0.1) is 10.1 Å². The van der Waals surface area contributed by atoms with Crippen molar-refractivity contribution in [1.29, 1.82) is 0 Å². The smallest absolute Gasteiger partial charge is 0.339 e. The second-order valence-electron chi connectivity index (χ2n) is 5.88. The number of para-hydroxylation sites is 1. The minimum atomic E-state index is -4.29. The topological polar surface area (TPSA) is 109 Å². The molecule has 0 amide bonds. The summed E-state index contributed by atoms with van der Waals surface area (Å²) < 4.78 is 41.0.